The van der Waals surface area contributed by atoms with E-state index in [1.54, 1.807) is 0 Å². The van der Waals surface area contributed by atoms with Crippen LogP contribution in [0.25, 0.3) is 0 Å². The van der Waals surface area contributed by atoms with Crippen molar-refractivity contribution < 1.29 is 10.1 Å². The van der Waals surface area contributed by atoms with Crippen LogP contribution in [0.5, 0.6) is 0 Å². The van der Waals surface area contributed by atoms with Gasteiger partial charge in [-0.3, -0.25) is 5.26 Å². The fourth-order valence-corrected chi connectivity index (χ4v) is 2.85. The Morgan fingerprint density at radius 1 is 1.11 bits per heavy atom. The van der Waals surface area contributed by atoms with Crippen LogP contribution in [0, 0.1) is 10.8 Å². The van der Waals surface area contributed by atoms with E-state index < -0.39 is 0 Å². The van der Waals surface area contributed by atoms with Crippen molar-refractivity contribution in [3.8, 4) is 0 Å². The zero-order valence-electron chi connectivity index (χ0n) is 11.4. The SMILES string of the molecule is CC1(C=CC2(C)CC=CC(OO)C2)CC=CCC1. The maximum atomic E-state index is 8.81. The largest absolute Gasteiger partial charge is 0.251 e. The van der Waals surface area contributed by atoms with E-state index in [-0.39, 0.29) is 11.5 Å². The molecule has 2 aliphatic carbocycles. The van der Waals surface area contributed by atoms with Gasteiger partial charge in [0.2, 0.25) is 0 Å². The summed E-state index contributed by atoms with van der Waals surface area (Å²) in [5.41, 5.74) is 0.404. The maximum absolute atomic E-state index is 8.81. The van der Waals surface area contributed by atoms with Crippen molar-refractivity contribution in [2.45, 2.75) is 52.1 Å². The Balaban J connectivity index is 2.03. The molecule has 3 atom stereocenters. The molecule has 0 amide bonds. The molecule has 1 N–H and O–H groups in total. The lowest BCUT2D eigenvalue weighted by Gasteiger charge is -2.33. The molecule has 0 bridgehead atoms. The second-order valence-electron chi connectivity index (χ2n) is 6.34. The lowest BCUT2D eigenvalue weighted by Crippen LogP contribution is -2.26. The van der Waals surface area contributed by atoms with Crippen molar-refractivity contribution in [1.29, 1.82) is 0 Å². The van der Waals surface area contributed by atoms with E-state index in [0.717, 1.165) is 19.3 Å². The number of hydrogen-bond acceptors (Lipinski definition) is 2. The van der Waals surface area contributed by atoms with Crippen LogP contribution in [0.3, 0.4) is 0 Å². The molecule has 18 heavy (non-hydrogen) atoms. The summed E-state index contributed by atoms with van der Waals surface area (Å²) in [7, 11) is 0. The third kappa shape index (κ3) is 3.33. The number of allylic oxidation sites excluding steroid dienone is 5. The lowest BCUT2D eigenvalue weighted by molar-refractivity contribution is -0.271. The van der Waals surface area contributed by atoms with Crippen molar-refractivity contribution in [3.63, 3.8) is 0 Å². The van der Waals surface area contributed by atoms with Gasteiger partial charge in [0.25, 0.3) is 0 Å². The van der Waals surface area contributed by atoms with Crippen LogP contribution in [0.2, 0.25) is 0 Å². The monoisotopic (exact) mass is 248 g/mol. The molecule has 0 radical (unpaired) electrons. The molecule has 0 spiro atoms. The molecule has 2 heteroatoms. The highest BCUT2D eigenvalue weighted by Crippen LogP contribution is 2.39. The Morgan fingerprint density at radius 2 is 1.83 bits per heavy atom. The highest BCUT2D eigenvalue weighted by molar-refractivity contribution is 5.14. The van der Waals surface area contributed by atoms with Crippen molar-refractivity contribution in [2.75, 3.05) is 0 Å². The molecular weight excluding hydrogens is 224 g/mol. The molecule has 0 saturated heterocycles. The van der Waals surface area contributed by atoms with Gasteiger partial charge in [0.05, 0.1) is 0 Å². The second-order valence-corrected chi connectivity index (χ2v) is 6.34. The minimum Gasteiger partial charge on any atom is -0.251 e. The zero-order chi connectivity index (χ0) is 13.1. The fraction of sp³-hybridized carbons (Fsp3) is 0.625. The predicted octanol–water partition coefficient (Wildman–Crippen LogP) is 4.50. The molecule has 2 nitrogen and oxygen atoms in total. The van der Waals surface area contributed by atoms with E-state index in [0.29, 0.717) is 5.41 Å². The second kappa shape index (κ2) is 5.41. The van der Waals surface area contributed by atoms with Gasteiger partial charge in [-0.25, -0.2) is 4.89 Å². The molecule has 0 fully saturated rings. The summed E-state index contributed by atoms with van der Waals surface area (Å²) >= 11 is 0. The van der Waals surface area contributed by atoms with Gasteiger partial charge in [-0.05, 0) is 42.9 Å². The Kier molecular flexibility index (Phi) is 4.08. The zero-order valence-corrected chi connectivity index (χ0v) is 11.4. The van der Waals surface area contributed by atoms with Gasteiger partial charge in [0.1, 0.15) is 6.10 Å². The summed E-state index contributed by atoms with van der Waals surface area (Å²) in [6.45, 7) is 4.57. The van der Waals surface area contributed by atoms with E-state index >= 15 is 0 Å². The van der Waals surface area contributed by atoms with Gasteiger partial charge in [-0.15, -0.1) is 0 Å². The molecule has 0 aromatic heterocycles. The van der Waals surface area contributed by atoms with Gasteiger partial charge in [0.15, 0.2) is 0 Å². The minimum absolute atomic E-state index is 0.103. The molecule has 2 rings (SSSR count). The van der Waals surface area contributed by atoms with Gasteiger partial charge in [0, 0.05) is 0 Å². The first-order valence-electron chi connectivity index (χ1n) is 6.88. The first kappa shape index (κ1) is 13.6. The maximum Gasteiger partial charge on any atom is 0.112 e. The van der Waals surface area contributed by atoms with E-state index in [1.807, 2.05) is 6.08 Å². The predicted molar refractivity (Wildman–Crippen MR) is 74.2 cm³/mol. The van der Waals surface area contributed by atoms with Crippen LogP contribution < -0.4 is 0 Å². The summed E-state index contributed by atoms with van der Waals surface area (Å²) in [4.78, 5) is 4.47. The molecule has 0 saturated carbocycles. The van der Waals surface area contributed by atoms with E-state index in [2.05, 4.69) is 49.1 Å². The van der Waals surface area contributed by atoms with Crippen molar-refractivity contribution >= 4 is 0 Å². The quantitative estimate of drug-likeness (QED) is 0.452. The molecular formula is C16H24O2. The van der Waals surface area contributed by atoms with E-state index in [1.165, 1.54) is 12.8 Å². The summed E-state index contributed by atoms with van der Waals surface area (Å²) in [5, 5.41) is 8.81. The highest BCUT2D eigenvalue weighted by Gasteiger charge is 2.29. The smallest absolute Gasteiger partial charge is 0.112 e. The Bertz CT molecular complexity index is 369. The van der Waals surface area contributed by atoms with E-state index in [9.17, 15) is 0 Å². The topological polar surface area (TPSA) is 29.5 Å². The Morgan fingerprint density at radius 3 is 2.50 bits per heavy atom. The summed E-state index contributed by atoms with van der Waals surface area (Å²) in [5.74, 6) is 0. The minimum atomic E-state index is -0.160. The molecule has 0 aromatic carbocycles. The average Bonchev–Trinajstić information content (AvgIpc) is 2.38. The standard InChI is InChI=1S/C16H24O2/c1-15(8-4-3-5-9-15)11-12-16(2)10-6-7-14(13-16)18-17/h3-4,6-7,11-12,14,17H,5,8-10,13H2,1-2H3. The molecule has 100 valence electrons. The molecule has 2 aliphatic rings. The van der Waals surface area contributed by atoms with Crippen LogP contribution in [0.15, 0.2) is 36.5 Å². The van der Waals surface area contributed by atoms with Crippen LogP contribution in [-0.2, 0) is 4.89 Å². The first-order chi connectivity index (χ1) is 8.55. The van der Waals surface area contributed by atoms with Crippen LogP contribution in [0.4, 0.5) is 0 Å². The van der Waals surface area contributed by atoms with Crippen LogP contribution >= 0.6 is 0 Å². The third-order valence-corrected chi connectivity index (χ3v) is 4.26. The van der Waals surface area contributed by atoms with Crippen molar-refractivity contribution in [3.05, 3.63) is 36.5 Å². The first-order valence-corrected chi connectivity index (χ1v) is 6.88. The Labute approximate surface area is 110 Å². The molecule has 0 aliphatic heterocycles. The number of rotatable bonds is 3. The fourth-order valence-electron chi connectivity index (χ4n) is 2.85. The summed E-state index contributed by atoms with van der Waals surface area (Å²) in [6.07, 6.45) is 18.6. The van der Waals surface area contributed by atoms with Gasteiger partial charge >= 0.3 is 0 Å². The van der Waals surface area contributed by atoms with Crippen LogP contribution in [-0.4, -0.2) is 11.4 Å². The van der Waals surface area contributed by atoms with Gasteiger partial charge in [-0.2, -0.15) is 0 Å². The Hall–Kier alpha value is -0.860. The van der Waals surface area contributed by atoms with Gasteiger partial charge in [-0.1, -0.05) is 50.3 Å². The third-order valence-electron chi connectivity index (χ3n) is 4.26. The van der Waals surface area contributed by atoms with Crippen molar-refractivity contribution in [2.24, 2.45) is 10.8 Å². The number of hydrogen-bond donors (Lipinski definition) is 1. The van der Waals surface area contributed by atoms with Crippen LogP contribution in [0.1, 0.15) is 46.0 Å². The molecule has 0 heterocycles. The molecule has 0 aromatic rings. The summed E-state index contributed by atoms with van der Waals surface area (Å²) < 4.78 is 0. The normalized spacial score (nSPS) is 40.5. The van der Waals surface area contributed by atoms with E-state index in [4.69, 9.17) is 5.26 Å². The molecule has 3 unspecified atom stereocenters. The van der Waals surface area contributed by atoms with Gasteiger partial charge < -0.3 is 0 Å². The lowest BCUT2D eigenvalue weighted by atomic mass is 9.73. The van der Waals surface area contributed by atoms with Crippen molar-refractivity contribution in [1.82, 2.24) is 0 Å². The highest BCUT2D eigenvalue weighted by atomic mass is 17.1. The summed E-state index contributed by atoms with van der Waals surface area (Å²) in [6, 6.07) is 0. The average molecular weight is 248 g/mol.